The van der Waals surface area contributed by atoms with Gasteiger partial charge in [0.2, 0.25) is 0 Å². The predicted octanol–water partition coefficient (Wildman–Crippen LogP) is 1.41. The number of carbonyl (C=O) groups excluding carboxylic acids is 1. The van der Waals surface area contributed by atoms with Crippen molar-refractivity contribution in [3.8, 4) is 11.5 Å². The molecule has 1 amide bonds. The van der Waals surface area contributed by atoms with Gasteiger partial charge in [-0.1, -0.05) is 11.6 Å². The highest BCUT2D eigenvalue weighted by Gasteiger charge is 2.22. The van der Waals surface area contributed by atoms with Gasteiger partial charge >= 0.3 is 5.97 Å². The van der Waals surface area contributed by atoms with Crippen molar-refractivity contribution in [2.45, 2.75) is 0 Å². The maximum atomic E-state index is 11.9. The number of amides is 1. The summed E-state index contributed by atoms with van der Waals surface area (Å²) >= 11 is 5.85. The van der Waals surface area contributed by atoms with Gasteiger partial charge in [-0.3, -0.25) is 14.5 Å². The van der Waals surface area contributed by atoms with Gasteiger partial charge in [0.1, 0.15) is 24.7 Å². The molecule has 10 heteroatoms. The fourth-order valence-electron chi connectivity index (χ4n) is 2.89. The number of hydrogen-bond donors (Lipinski definition) is 3. The van der Waals surface area contributed by atoms with Crippen molar-refractivity contribution in [3.63, 3.8) is 0 Å². The lowest BCUT2D eigenvalue weighted by atomic mass is 10.2. The summed E-state index contributed by atoms with van der Waals surface area (Å²) in [6.07, 6.45) is 1.49. The molecule has 1 fully saturated rings. The molecule has 1 aromatic carbocycles. The van der Waals surface area contributed by atoms with Gasteiger partial charge in [0.25, 0.3) is 5.91 Å². The van der Waals surface area contributed by atoms with Gasteiger partial charge in [-0.15, -0.1) is 0 Å². The average molecular weight is 421 g/mol. The van der Waals surface area contributed by atoms with E-state index in [0.29, 0.717) is 24.0 Å². The molecule has 3 rings (SSSR count). The average Bonchev–Trinajstić information content (AvgIpc) is 3.16. The molecule has 2 heterocycles. The number of carbonyl (C=O) groups is 2. The molecule has 154 valence electrons. The number of aromatic hydroxyl groups is 1. The number of pyridine rings is 1. The van der Waals surface area contributed by atoms with Gasteiger partial charge in [0.05, 0.1) is 18.6 Å². The third kappa shape index (κ3) is 5.72. The summed E-state index contributed by atoms with van der Waals surface area (Å²) in [4.78, 5) is 30.6. The summed E-state index contributed by atoms with van der Waals surface area (Å²) in [5.74, 6) is -1.45. The first-order valence-corrected chi connectivity index (χ1v) is 9.35. The Labute approximate surface area is 172 Å². The van der Waals surface area contributed by atoms with Crippen LogP contribution in [0, 0.1) is 0 Å². The number of ether oxygens (including phenoxy) is 1. The molecule has 3 N–H and O–H groups in total. The van der Waals surface area contributed by atoms with Crippen LogP contribution in [0.25, 0.3) is 0 Å². The van der Waals surface area contributed by atoms with Crippen LogP contribution >= 0.6 is 11.6 Å². The molecule has 0 radical (unpaired) electrons. The zero-order chi connectivity index (χ0) is 20.8. The van der Waals surface area contributed by atoms with E-state index in [-0.39, 0.29) is 11.4 Å². The molecule has 1 aliphatic rings. The van der Waals surface area contributed by atoms with Crippen LogP contribution in [0.15, 0.2) is 36.5 Å². The SMILES string of the molecule is O=C(O)CNC(=O)c1ncc(N2CCN(CCOc3ccc(Cl)cc3)C2)cc1O. The maximum absolute atomic E-state index is 11.9. The fraction of sp³-hybridized carbons (Fsp3) is 0.316. The Bertz CT molecular complexity index is 877. The number of benzene rings is 1. The van der Waals surface area contributed by atoms with Gasteiger partial charge in [0.15, 0.2) is 5.69 Å². The molecule has 0 unspecified atom stereocenters. The quantitative estimate of drug-likeness (QED) is 0.587. The Balaban J connectivity index is 1.50. The predicted molar refractivity (Wildman–Crippen MR) is 107 cm³/mol. The van der Waals surface area contributed by atoms with E-state index in [4.69, 9.17) is 21.4 Å². The molecule has 1 aromatic heterocycles. The summed E-state index contributed by atoms with van der Waals surface area (Å²) in [5.41, 5.74) is 0.473. The lowest BCUT2D eigenvalue weighted by molar-refractivity contribution is -0.135. The van der Waals surface area contributed by atoms with E-state index in [1.165, 1.54) is 12.3 Å². The number of nitrogens with zero attached hydrogens (tertiary/aromatic N) is 3. The van der Waals surface area contributed by atoms with Crippen LogP contribution in [-0.2, 0) is 4.79 Å². The Kier molecular flexibility index (Phi) is 6.73. The zero-order valence-electron chi connectivity index (χ0n) is 15.5. The number of hydrogen-bond acceptors (Lipinski definition) is 7. The number of aliphatic carboxylic acids is 1. The number of carboxylic acid groups (broad SMARTS) is 1. The first-order valence-electron chi connectivity index (χ1n) is 8.97. The van der Waals surface area contributed by atoms with Gasteiger partial charge in [-0.05, 0) is 24.3 Å². The van der Waals surface area contributed by atoms with E-state index in [1.807, 2.05) is 17.0 Å². The third-order valence-corrected chi connectivity index (χ3v) is 4.63. The second kappa shape index (κ2) is 9.44. The van der Waals surface area contributed by atoms with Crippen molar-refractivity contribution < 1.29 is 24.5 Å². The van der Waals surface area contributed by atoms with Crippen LogP contribution in [0.5, 0.6) is 11.5 Å². The summed E-state index contributed by atoms with van der Waals surface area (Å²) < 4.78 is 5.71. The number of anilines is 1. The number of carboxylic acids is 1. The summed E-state index contributed by atoms with van der Waals surface area (Å²) in [5, 5.41) is 21.5. The van der Waals surface area contributed by atoms with Crippen molar-refractivity contribution >= 4 is 29.2 Å². The van der Waals surface area contributed by atoms with Crippen LogP contribution in [0.4, 0.5) is 5.69 Å². The normalized spacial score (nSPS) is 14.0. The van der Waals surface area contributed by atoms with Crippen LogP contribution in [0.1, 0.15) is 10.5 Å². The largest absolute Gasteiger partial charge is 0.505 e. The van der Waals surface area contributed by atoms with E-state index < -0.39 is 18.4 Å². The van der Waals surface area contributed by atoms with Crippen molar-refractivity contribution in [1.82, 2.24) is 15.2 Å². The molecular formula is C19H21ClN4O5. The highest BCUT2D eigenvalue weighted by Crippen LogP contribution is 2.24. The van der Waals surface area contributed by atoms with E-state index >= 15 is 0 Å². The molecule has 9 nitrogen and oxygen atoms in total. The minimum Gasteiger partial charge on any atom is -0.505 e. The smallest absolute Gasteiger partial charge is 0.322 e. The maximum Gasteiger partial charge on any atom is 0.322 e. The molecule has 0 atom stereocenters. The second-order valence-electron chi connectivity index (χ2n) is 6.46. The lowest BCUT2D eigenvalue weighted by Gasteiger charge is -2.20. The summed E-state index contributed by atoms with van der Waals surface area (Å²) in [6.45, 7) is 2.92. The molecule has 0 aliphatic carbocycles. The standard InChI is InChI=1S/C19H21ClN4O5/c20-13-1-3-15(4-2-13)29-8-7-23-5-6-24(12-23)14-9-16(25)18(21-10-14)19(28)22-11-17(26)27/h1-4,9-10,25H,5-8,11-12H2,(H,22,28)(H,26,27). The zero-order valence-corrected chi connectivity index (χ0v) is 16.3. The second-order valence-corrected chi connectivity index (χ2v) is 6.90. The lowest BCUT2D eigenvalue weighted by Crippen LogP contribution is -2.30. The fourth-order valence-corrected chi connectivity index (χ4v) is 3.02. The van der Waals surface area contributed by atoms with Gasteiger partial charge in [0, 0.05) is 30.7 Å². The molecule has 1 saturated heterocycles. The molecule has 0 spiro atoms. The van der Waals surface area contributed by atoms with Crippen LogP contribution in [0.3, 0.4) is 0 Å². The highest BCUT2D eigenvalue weighted by molar-refractivity contribution is 6.30. The van der Waals surface area contributed by atoms with Gasteiger partial charge < -0.3 is 25.2 Å². The highest BCUT2D eigenvalue weighted by atomic mass is 35.5. The third-order valence-electron chi connectivity index (χ3n) is 4.38. The Morgan fingerprint density at radius 2 is 2.00 bits per heavy atom. The topological polar surface area (TPSA) is 115 Å². The molecule has 2 aromatic rings. The van der Waals surface area contributed by atoms with Crippen LogP contribution < -0.4 is 15.0 Å². The van der Waals surface area contributed by atoms with Crippen LogP contribution in [0.2, 0.25) is 5.02 Å². The van der Waals surface area contributed by atoms with Crippen molar-refractivity contribution in [1.29, 1.82) is 0 Å². The number of aromatic nitrogens is 1. The Morgan fingerprint density at radius 3 is 2.69 bits per heavy atom. The number of halogens is 1. The molecule has 0 saturated carbocycles. The summed E-state index contributed by atoms with van der Waals surface area (Å²) in [6, 6.07) is 8.65. The molecule has 0 bridgehead atoms. The molecule has 29 heavy (non-hydrogen) atoms. The van der Waals surface area contributed by atoms with E-state index in [1.54, 1.807) is 12.1 Å². The number of nitrogens with one attached hydrogen (secondary N) is 1. The van der Waals surface area contributed by atoms with Gasteiger partial charge in [-0.25, -0.2) is 4.98 Å². The Hall–Kier alpha value is -3.04. The summed E-state index contributed by atoms with van der Waals surface area (Å²) in [7, 11) is 0. The minimum absolute atomic E-state index is 0.206. The Morgan fingerprint density at radius 1 is 1.24 bits per heavy atom. The monoisotopic (exact) mass is 420 g/mol. The van der Waals surface area contributed by atoms with Crippen LogP contribution in [-0.4, -0.2) is 71.4 Å². The van der Waals surface area contributed by atoms with Crippen molar-refractivity contribution in [2.24, 2.45) is 0 Å². The molecular weight excluding hydrogens is 400 g/mol. The van der Waals surface area contributed by atoms with Gasteiger partial charge in [-0.2, -0.15) is 0 Å². The minimum atomic E-state index is -1.17. The number of rotatable bonds is 8. The van der Waals surface area contributed by atoms with E-state index in [0.717, 1.165) is 25.4 Å². The first-order chi connectivity index (χ1) is 13.9. The van der Waals surface area contributed by atoms with Crippen molar-refractivity contribution in [2.75, 3.05) is 44.4 Å². The molecule has 1 aliphatic heterocycles. The first kappa shape index (κ1) is 20.7. The van der Waals surface area contributed by atoms with E-state index in [9.17, 15) is 14.7 Å². The van der Waals surface area contributed by atoms with E-state index in [2.05, 4.69) is 15.2 Å². The van der Waals surface area contributed by atoms with Crippen molar-refractivity contribution in [3.05, 3.63) is 47.2 Å².